The van der Waals surface area contributed by atoms with Crippen molar-refractivity contribution in [2.45, 2.75) is 44.0 Å². The van der Waals surface area contributed by atoms with Crippen molar-refractivity contribution in [3.05, 3.63) is 30.1 Å². The van der Waals surface area contributed by atoms with Crippen molar-refractivity contribution in [2.24, 2.45) is 16.7 Å². The number of nitrogens with zero attached hydrogens (tertiary/aromatic N) is 4. The minimum atomic E-state index is -1.88. The third-order valence-corrected chi connectivity index (χ3v) is 6.05. The number of hydrogen-bond acceptors (Lipinski definition) is 7. The highest BCUT2D eigenvalue weighted by atomic mass is 16.7. The summed E-state index contributed by atoms with van der Waals surface area (Å²) in [7, 11) is 0. The zero-order valence-corrected chi connectivity index (χ0v) is 14.1. The lowest BCUT2D eigenvalue weighted by Crippen LogP contribution is -2.59. The van der Waals surface area contributed by atoms with Gasteiger partial charge in [-0.2, -0.15) is 15.8 Å². The van der Waals surface area contributed by atoms with Crippen molar-refractivity contribution in [1.29, 1.82) is 21.2 Å². The van der Waals surface area contributed by atoms with Gasteiger partial charge in [-0.3, -0.25) is 10.4 Å². The molecule has 4 rings (SSSR count). The number of hydrogen-bond donors (Lipinski definition) is 1. The molecular formula is C19H17N5O2. The highest BCUT2D eigenvalue weighted by Gasteiger charge is 2.80. The molecule has 0 radical (unpaired) electrons. The summed E-state index contributed by atoms with van der Waals surface area (Å²) < 4.78 is 12.2. The van der Waals surface area contributed by atoms with E-state index in [1.54, 1.807) is 18.3 Å². The van der Waals surface area contributed by atoms with Crippen LogP contribution in [0.2, 0.25) is 0 Å². The maximum atomic E-state index is 10.2. The number of nitrogens with one attached hydrogen (secondary N) is 1. The highest BCUT2D eigenvalue weighted by Crippen LogP contribution is 2.68. The van der Waals surface area contributed by atoms with E-state index in [1.165, 1.54) is 6.20 Å². The van der Waals surface area contributed by atoms with Gasteiger partial charge < -0.3 is 9.47 Å². The fourth-order valence-electron chi connectivity index (χ4n) is 4.87. The first-order chi connectivity index (χ1) is 12.6. The molecule has 0 unspecified atom stereocenters. The van der Waals surface area contributed by atoms with E-state index < -0.39 is 28.6 Å². The van der Waals surface area contributed by atoms with Crippen molar-refractivity contribution in [3.8, 4) is 18.2 Å². The van der Waals surface area contributed by atoms with E-state index in [4.69, 9.17) is 14.9 Å². The molecule has 7 heteroatoms. The van der Waals surface area contributed by atoms with E-state index in [0.29, 0.717) is 18.4 Å². The van der Waals surface area contributed by atoms with Crippen molar-refractivity contribution >= 4 is 5.90 Å². The van der Waals surface area contributed by atoms with Gasteiger partial charge in [-0.15, -0.1) is 0 Å². The SMILES string of the molecule is N#CC1(C#N)[C@@H](c2cccnc2)O[C@@]23CCCCC[C@@H]2[C@@]1(C#N)C(=N)O3. The third-order valence-electron chi connectivity index (χ3n) is 6.05. The Balaban J connectivity index is 2.01. The molecule has 3 aliphatic rings. The van der Waals surface area contributed by atoms with E-state index in [1.807, 2.05) is 0 Å². The van der Waals surface area contributed by atoms with Gasteiger partial charge in [-0.05, 0) is 18.9 Å². The van der Waals surface area contributed by atoms with Crippen LogP contribution in [0.4, 0.5) is 0 Å². The van der Waals surface area contributed by atoms with Crippen LogP contribution in [0.15, 0.2) is 24.5 Å². The van der Waals surface area contributed by atoms with Gasteiger partial charge in [0.2, 0.25) is 17.1 Å². The summed E-state index contributed by atoms with van der Waals surface area (Å²) >= 11 is 0. The van der Waals surface area contributed by atoms with Gasteiger partial charge in [0, 0.05) is 24.4 Å². The van der Waals surface area contributed by atoms with E-state index >= 15 is 0 Å². The second-order valence-corrected chi connectivity index (χ2v) is 7.13. The minimum Gasteiger partial charge on any atom is -0.447 e. The lowest BCUT2D eigenvalue weighted by molar-refractivity contribution is -0.285. The fourth-order valence-corrected chi connectivity index (χ4v) is 4.87. The van der Waals surface area contributed by atoms with E-state index in [2.05, 4.69) is 23.2 Å². The number of pyridine rings is 1. The molecule has 7 nitrogen and oxygen atoms in total. The molecule has 1 aromatic heterocycles. The first kappa shape index (κ1) is 16.5. The van der Waals surface area contributed by atoms with Crippen LogP contribution in [0.3, 0.4) is 0 Å². The van der Waals surface area contributed by atoms with Crippen LogP contribution in [0, 0.1) is 56.2 Å². The largest absolute Gasteiger partial charge is 0.447 e. The summed E-state index contributed by atoms with van der Waals surface area (Å²) in [6.07, 6.45) is 5.89. The Morgan fingerprint density at radius 2 is 1.96 bits per heavy atom. The lowest BCUT2D eigenvalue weighted by atomic mass is 9.52. The normalized spacial score (nSPS) is 37.2. The van der Waals surface area contributed by atoms with Crippen molar-refractivity contribution in [1.82, 2.24) is 4.98 Å². The molecule has 26 heavy (non-hydrogen) atoms. The predicted octanol–water partition coefficient (Wildman–Crippen LogP) is 2.98. The van der Waals surface area contributed by atoms with Gasteiger partial charge in [0.15, 0.2) is 5.41 Å². The van der Waals surface area contributed by atoms with Crippen LogP contribution in [-0.2, 0) is 9.47 Å². The molecule has 130 valence electrons. The number of rotatable bonds is 1. The number of aromatic nitrogens is 1. The Labute approximate surface area is 151 Å². The molecule has 1 aliphatic carbocycles. The Morgan fingerprint density at radius 1 is 1.15 bits per heavy atom. The first-order valence-corrected chi connectivity index (χ1v) is 8.70. The van der Waals surface area contributed by atoms with Crippen LogP contribution in [0.25, 0.3) is 0 Å². The van der Waals surface area contributed by atoms with Gasteiger partial charge in [-0.1, -0.05) is 18.9 Å². The van der Waals surface area contributed by atoms with Crippen molar-refractivity contribution < 1.29 is 9.47 Å². The smallest absolute Gasteiger partial charge is 0.217 e. The van der Waals surface area contributed by atoms with Gasteiger partial charge in [-0.25, -0.2) is 0 Å². The van der Waals surface area contributed by atoms with Crippen LogP contribution in [0.5, 0.6) is 0 Å². The van der Waals surface area contributed by atoms with Crippen molar-refractivity contribution in [2.75, 3.05) is 0 Å². The van der Waals surface area contributed by atoms with Crippen LogP contribution in [-0.4, -0.2) is 16.7 Å². The Morgan fingerprint density at radius 3 is 2.62 bits per heavy atom. The summed E-state index contributed by atoms with van der Waals surface area (Å²) in [5.41, 5.74) is -2.99. The average molecular weight is 347 g/mol. The summed E-state index contributed by atoms with van der Waals surface area (Å²) in [6.45, 7) is 0. The zero-order valence-electron chi connectivity index (χ0n) is 14.1. The molecular weight excluding hydrogens is 330 g/mol. The van der Waals surface area contributed by atoms with Crippen LogP contribution >= 0.6 is 0 Å². The second kappa shape index (κ2) is 5.53. The maximum Gasteiger partial charge on any atom is 0.217 e. The monoisotopic (exact) mass is 347 g/mol. The summed E-state index contributed by atoms with van der Waals surface area (Å²) in [4.78, 5) is 4.08. The molecule has 1 aromatic rings. The fraction of sp³-hybridized carbons (Fsp3) is 0.526. The standard InChI is InChI=1S/C19H17N5O2/c20-10-17(11-21)15(13-5-4-8-24-9-13)25-19-7-3-1-2-6-14(19)18(17,12-22)16(23)26-19/h4-5,8-9,14-15,23H,1-3,6-7H2/t14-,15-,18+,19-/m1/s1. The molecule has 2 aliphatic heterocycles. The Hall–Kier alpha value is -2.95. The van der Waals surface area contributed by atoms with Crippen molar-refractivity contribution in [3.63, 3.8) is 0 Å². The molecule has 0 amide bonds. The first-order valence-electron chi connectivity index (χ1n) is 8.70. The van der Waals surface area contributed by atoms with Crippen LogP contribution in [0.1, 0.15) is 43.8 Å². The highest BCUT2D eigenvalue weighted by molar-refractivity contribution is 5.89. The molecule has 1 saturated carbocycles. The Bertz CT molecular complexity index is 866. The lowest BCUT2D eigenvalue weighted by Gasteiger charge is -2.49. The second-order valence-electron chi connectivity index (χ2n) is 7.13. The zero-order chi connectivity index (χ0) is 18.4. The van der Waals surface area contributed by atoms with Gasteiger partial charge in [0.25, 0.3) is 0 Å². The minimum absolute atomic E-state index is 0.318. The number of ether oxygens (including phenoxy) is 2. The van der Waals surface area contributed by atoms with Gasteiger partial charge >= 0.3 is 0 Å². The quantitative estimate of drug-likeness (QED) is 0.832. The van der Waals surface area contributed by atoms with E-state index in [-0.39, 0.29) is 5.90 Å². The Kier molecular flexibility index (Phi) is 3.51. The molecule has 3 heterocycles. The van der Waals surface area contributed by atoms with Gasteiger partial charge in [0.05, 0.1) is 24.1 Å². The van der Waals surface area contributed by atoms with E-state index in [0.717, 1.165) is 19.3 Å². The molecule has 2 bridgehead atoms. The molecule has 0 spiro atoms. The number of nitriles is 3. The molecule has 3 fully saturated rings. The topological polar surface area (TPSA) is 127 Å². The maximum absolute atomic E-state index is 10.2. The van der Waals surface area contributed by atoms with Gasteiger partial charge in [0.1, 0.15) is 6.10 Å². The summed E-state index contributed by atoms with van der Waals surface area (Å²) in [6, 6.07) is 9.72. The third kappa shape index (κ3) is 1.72. The van der Waals surface area contributed by atoms with E-state index in [9.17, 15) is 15.8 Å². The average Bonchev–Trinajstić information content (AvgIpc) is 2.81. The molecule has 4 atom stereocenters. The molecule has 1 N–H and O–H groups in total. The molecule has 0 aromatic carbocycles. The van der Waals surface area contributed by atoms with Crippen LogP contribution < -0.4 is 0 Å². The summed E-state index contributed by atoms with van der Waals surface area (Å²) in [5, 5.41) is 38.8. The molecule has 2 saturated heterocycles. The predicted molar refractivity (Wildman–Crippen MR) is 87.9 cm³/mol. The summed E-state index contributed by atoms with van der Waals surface area (Å²) in [5.74, 6) is -1.97.